The Kier molecular flexibility index (Phi) is 2.63. The van der Waals surface area contributed by atoms with Gasteiger partial charge in [-0.05, 0) is 12.0 Å². The largest absolute Gasteiger partial charge is 0.530 e. The summed E-state index contributed by atoms with van der Waals surface area (Å²) >= 11 is 0. The van der Waals surface area contributed by atoms with E-state index in [0.29, 0.717) is 25.7 Å². The van der Waals surface area contributed by atoms with Gasteiger partial charge in [0.15, 0.2) is 0 Å². The highest BCUT2D eigenvalue weighted by molar-refractivity contribution is 5.69. The van der Waals surface area contributed by atoms with Crippen molar-refractivity contribution in [1.82, 2.24) is 4.90 Å². The van der Waals surface area contributed by atoms with Crippen molar-refractivity contribution in [3.8, 4) is 0 Å². The summed E-state index contributed by atoms with van der Waals surface area (Å²) in [5.41, 5.74) is 3.80. The van der Waals surface area contributed by atoms with Crippen LogP contribution in [0.3, 0.4) is 0 Å². The maximum absolute atomic E-state index is 11.1. The molecule has 106 valence electrons. The summed E-state index contributed by atoms with van der Waals surface area (Å²) in [5.74, 6) is 0.273. The monoisotopic (exact) mass is 273 g/mol. The number of fused-ring (bicyclic) bond motifs is 3. The summed E-state index contributed by atoms with van der Waals surface area (Å²) in [6, 6.07) is 6.72. The van der Waals surface area contributed by atoms with Crippen LogP contribution < -0.4 is 10.0 Å². The molecule has 1 amide bonds. The number of hydrogen-bond donors (Lipinski definition) is 0. The van der Waals surface area contributed by atoms with Crippen molar-refractivity contribution in [2.45, 2.75) is 25.0 Å². The molecule has 3 aliphatic rings. The summed E-state index contributed by atoms with van der Waals surface area (Å²) in [4.78, 5) is 15.0. The third-order valence-electron chi connectivity index (χ3n) is 4.81. The van der Waals surface area contributed by atoms with E-state index in [1.807, 2.05) is 0 Å². The second-order valence-corrected chi connectivity index (χ2v) is 5.78. The van der Waals surface area contributed by atoms with E-state index in [1.165, 1.54) is 21.7 Å². The number of carbonyl (C=O) groups excluding carboxylic acids is 1. The molecule has 3 aliphatic heterocycles. The number of carboxylic acid groups (broad SMARTS) is 1. The van der Waals surface area contributed by atoms with E-state index in [4.69, 9.17) is 4.74 Å². The Morgan fingerprint density at radius 2 is 2.25 bits per heavy atom. The Bertz CT molecular complexity index is 560. The first kappa shape index (κ1) is 12.0. The quantitative estimate of drug-likeness (QED) is 0.692. The molecule has 2 atom stereocenters. The van der Waals surface area contributed by atoms with Crippen molar-refractivity contribution < 1.29 is 14.6 Å². The van der Waals surface area contributed by atoms with E-state index >= 15 is 0 Å². The van der Waals surface area contributed by atoms with Gasteiger partial charge in [-0.1, -0.05) is 18.2 Å². The first-order valence-electron chi connectivity index (χ1n) is 7.18. The van der Waals surface area contributed by atoms with Crippen LogP contribution in [0.2, 0.25) is 0 Å². The SMILES string of the molecule is O=C([O-])N1CC[C@H]2[C@@H](C1)c1cccc3c1N2CCOC3. The van der Waals surface area contributed by atoms with E-state index in [2.05, 4.69) is 23.1 Å². The Hall–Kier alpha value is -1.75. The van der Waals surface area contributed by atoms with Crippen LogP contribution >= 0.6 is 0 Å². The molecule has 5 heteroatoms. The highest BCUT2D eigenvalue weighted by Crippen LogP contribution is 2.47. The van der Waals surface area contributed by atoms with E-state index in [9.17, 15) is 9.90 Å². The lowest BCUT2D eigenvalue weighted by molar-refractivity contribution is -0.266. The molecule has 0 aromatic heterocycles. The number of piperidine rings is 1. The smallest absolute Gasteiger partial charge is 0.136 e. The van der Waals surface area contributed by atoms with Gasteiger partial charge in [0.25, 0.3) is 0 Å². The third-order valence-corrected chi connectivity index (χ3v) is 4.81. The van der Waals surface area contributed by atoms with Gasteiger partial charge in [-0.15, -0.1) is 0 Å². The second kappa shape index (κ2) is 4.38. The molecule has 0 radical (unpaired) electrons. The molecule has 5 nitrogen and oxygen atoms in total. The number of para-hydroxylation sites is 1. The zero-order chi connectivity index (χ0) is 13.7. The molecule has 4 rings (SSSR count). The van der Waals surface area contributed by atoms with Gasteiger partial charge in [-0.3, -0.25) is 0 Å². The molecule has 1 saturated heterocycles. The summed E-state index contributed by atoms with van der Waals surface area (Å²) in [5, 5.41) is 11.1. The molecule has 0 aliphatic carbocycles. The Balaban J connectivity index is 1.77. The van der Waals surface area contributed by atoms with Gasteiger partial charge < -0.3 is 24.4 Å². The number of nitrogens with zero attached hydrogens (tertiary/aromatic N) is 2. The van der Waals surface area contributed by atoms with Crippen LogP contribution in [0, 0.1) is 0 Å². The van der Waals surface area contributed by atoms with E-state index in [-0.39, 0.29) is 5.92 Å². The molecular formula is C15H17N2O3-. The molecule has 3 heterocycles. The zero-order valence-electron chi connectivity index (χ0n) is 11.2. The van der Waals surface area contributed by atoms with Crippen molar-refractivity contribution in [2.24, 2.45) is 0 Å². The molecule has 0 spiro atoms. The Morgan fingerprint density at radius 1 is 1.35 bits per heavy atom. The highest BCUT2D eigenvalue weighted by atomic mass is 16.5. The lowest BCUT2D eigenvalue weighted by atomic mass is 9.89. The van der Waals surface area contributed by atoms with Gasteiger partial charge >= 0.3 is 0 Å². The summed E-state index contributed by atoms with van der Waals surface area (Å²) in [7, 11) is 0. The number of amides is 1. The maximum Gasteiger partial charge on any atom is 0.136 e. The van der Waals surface area contributed by atoms with Gasteiger partial charge in [-0.25, -0.2) is 0 Å². The lowest BCUT2D eigenvalue weighted by Gasteiger charge is -2.39. The van der Waals surface area contributed by atoms with E-state index in [0.717, 1.165) is 19.6 Å². The number of benzene rings is 1. The number of rotatable bonds is 0. The maximum atomic E-state index is 11.1. The van der Waals surface area contributed by atoms with Gasteiger partial charge in [0, 0.05) is 42.8 Å². The number of hydrogen-bond acceptors (Lipinski definition) is 4. The minimum atomic E-state index is -1.05. The van der Waals surface area contributed by atoms with Gasteiger partial charge in [0.2, 0.25) is 0 Å². The molecule has 1 fully saturated rings. The van der Waals surface area contributed by atoms with Crippen molar-refractivity contribution in [3.05, 3.63) is 29.3 Å². The van der Waals surface area contributed by atoms with Crippen LogP contribution in [-0.2, 0) is 11.3 Å². The normalized spacial score (nSPS) is 27.8. The average Bonchev–Trinajstić information content (AvgIpc) is 2.63. The fourth-order valence-electron chi connectivity index (χ4n) is 3.95. The zero-order valence-corrected chi connectivity index (χ0v) is 11.2. The van der Waals surface area contributed by atoms with E-state index < -0.39 is 6.09 Å². The summed E-state index contributed by atoms with van der Waals surface area (Å²) in [6.07, 6.45) is -0.178. The van der Waals surface area contributed by atoms with Crippen LogP contribution in [0.1, 0.15) is 23.5 Å². The third kappa shape index (κ3) is 1.62. The minimum absolute atomic E-state index is 0.273. The number of ether oxygens (including phenoxy) is 1. The van der Waals surface area contributed by atoms with E-state index in [1.54, 1.807) is 0 Å². The lowest BCUT2D eigenvalue weighted by Crippen LogP contribution is -2.52. The first-order valence-corrected chi connectivity index (χ1v) is 7.18. The van der Waals surface area contributed by atoms with Crippen LogP contribution in [0.25, 0.3) is 0 Å². The molecular weight excluding hydrogens is 256 g/mol. The van der Waals surface area contributed by atoms with Gasteiger partial charge in [0.1, 0.15) is 6.09 Å². The Morgan fingerprint density at radius 3 is 3.10 bits per heavy atom. The fraction of sp³-hybridized carbons (Fsp3) is 0.533. The van der Waals surface area contributed by atoms with Crippen LogP contribution in [0.4, 0.5) is 10.5 Å². The van der Waals surface area contributed by atoms with Crippen LogP contribution in [0.5, 0.6) is 0 Å². The Labute approximate surface area is 117 Å². The average molecular weight is 273 g/mol. The van der Waals surface area contributed by atoms with Gasteiger partial charge in [-0.2, -0.15) is 0 Å². The molecule has 1 aromatic rings. The van der Waals surface area contributed by atoms with Crippen molar-refractivity contribution >= 4 is 11.8 Å². The predicted molar refractivity (Wildman–Crippen MR) is 71.6 cm³/mol. The second-order valence-electron chi connectivity index (χ2n) is 5.78. The number of carbonyl (C=O) groups is 1. The summed E-state index contributed by atoms with van der Waals surface area (Å²) < 4.78 is 5.66. The fourth-order valence-corrected chi connectivity index (χ4v) is 3.95. The molecule has 0 bridgehead atoms. The van der Waals surface area contributed by atoms with Crippen LogP contribution in [-0.4, -0.2) is 43.3 Å². The van der Waals surface area contributed by atoms with Crippen molar-refractivity contribution in [3.63, 3.8) is 0 Å². The predicted octanol–water partition coefficient (Wildman–Crippen LogP) is 0.538. The van der Waals surface area contributed by atoms with Crippen LogP contribution in [0.15, 0.2) is 18.2 Å². The first-order chi connectivity index (χ1) is 9.75. The molecule has 0 unspecified atom stereocenters. The highest BCUT2D eigenvalue weighted by Gasteiger charge is 2.43. The standard InChI is InChI=1S/C15H18N2O3/c18-15(19)16-5-4-13-12(8-16)11-3-1-2-10-9-20-7-6-17(13)14(10)11/h1-3,12-13H,4-9H2,(H,18,19)/p-1/t12-,13-/m0/s1. The molecule has 20 heavy (non-hydrogen) atoms. The number of anilines is 1. The molecule has 0 N–H and O–H groups in total. The molecule has 0 saturated carbocycles. The topological polar surface area (TPSA) is 55.8 Å². The number of likely N-dealkylation sites (tertiary alicyclic amines) is 1. The minimum Gasteiger partial charge on any atom is -0.530 e. The van der Waals surface area contributed by atoms with Gasteiger partial charge in [0.05, 0.1) is 13.2 Å². The molecule has 1 aromatic carbocycles. The summed E-state index contributed by atoms with van der Waals surface area (Å²) in [6.45, 7) is 3.42. The van der Waals surface area contributed by atoms with Crippen molar-refractivity contribution in [2.75, 3.05) is 31.1 Å². The van der Waals surface area contributed by atoms with Crippen molar-refractivity contribution in [1.29, 1.82) is 0 Å².